The van der Waals surface area contributed by atoms with E-state index in [0.29, 0.717) is 33.6 Å². The largest absolute Gasteiger partial charge is 0.454 e. The number of amides is 1. The molecule has 0 saturated carbocycles. The fourth-order valence-electron chi connectivity index (χ4n) is 2.71. The molecular formula is C17H13ClN2O5. The van der Waals surface area contributed by atoms with Gasteiger partial charge in [-0.3, -0.25) is 4.79 Å². The molecule has 4 rings (SSSR count). The van der Waals surface area contributed by atoms with Gasteiger partial charge in [0.1, 0.15) is 6.54 Å². The van der Waals surface area contributed by atoms with Crippen molar-refractivity contribution in [1.29, 1.82) is 0 Å². The van der Waals surface area contributed by atoms with E-state index < -0.39 is 5.97 Å². The van der Waals surface area contributed by atoms with Gasteiger partial charge < -0.3 is 24.4 Å². The number of hydrogen-bond donors (Lipinski definition) is 1. The number of rotatable bonds is 3. The van der Waals surface area contributed by atoms with Crippen LogP contribution >= 0.6 is 11.6 Å². The quantitative estimate of drug-likeness (QED) is 0.669. The molecule has 0 atom stereocenters. The van der Waals surface area contributed by atoms with Gasteiger partial charge >= 0.3 is 5.97 Å². The van der Waals surface area contributed by atoms with Crippen molar-refractivity contribution >= 4 is 34.9 Å². The van der Waals surface area contributed by atoms with Crippen molar-refractivity contribution in [3.05, 3.63) is 41.4 Å². The van der Waals surface area contributed by atoms with Crippen LogP contribution in [-0.4, -0.2) is 31.8 Å². The topological polar surface area (TPSA) is 77.1 Å². The van der Waals surface area contributed by atoms with Crippen molar-refractivity contribution in [3.8, 4) is 17.2 Å². The zero-order valence-electron chi connectivity index (χ0n) is 13.0. The van der Waals surface area contributed by atoms with Crippen molar-refractivity contribution in [2.24, 2.45) is 0 Å². The average molecular weight is 361 g/mol. The van der Waals surface area contributed by atoms with Crippen LogP contribution in [0.25, 0.3) is 0 Å². The molecule has 0 aromatic heterocycles. The third kappa shape index (κ3) is 3.18. The molecule has 0 unspecified atom stereocenters. The number of fused-ring (bicyclic) bond motifs is 2. The highest BCUT2D eigenvalue weighted by Gasteiger charge is 2.26. The van der Waals surface area contributed by atoms with Crippen molar-refractivity contribution in [1.82, 2.24) is 0 Å². The number of ether oxygens (including phenoxy) is 3. The lowest BCUT2D eigenvalue weighted by Crippen LogP contribution is -2.41. The first-order chi connectivity index (χ1) is 12.1. The molecule has 2 aliphatic rings. The molecule has 2 heterocycles. The Hall–Kier alpha value is -2.93. The lowest BCUT2D eigenvalue weighted by Gasteiger charge is -2.29. The van der Waals surface area contributed by atoms with Crippen LogP contribution in [-0.2, 0) is 9.59 Å². The first-order valence-electron chi connectivity index (χ1n) is 7.53. The van der Waals surface area contributed by atoms with Crippen molar-refractivity contribution in [2.75, 3.05) is 30.1 Å². The van der Waals surface area contributed by atoms with Crippen LogP contribution in [0.5, 0.6) is 17.2 Å². The predicted molar refractivity (Wildman–Crippen MR) is 90.5 cm³/mol. The van der Waals surface area contributed by atoms with Gasteiger partial charge in [0.05, 0.1) is 12.2 Å². The smallest absolute Gasteiger partial charge is 0.331 e. The van der Waals surface area contributed by atoms with Crippen LogP contribution in [0.1, 0.15) is 0 Å². The van der Waals surface area contributed by atoms with Crippen molar-refractivity contribution < 1.29 is 23.8 Å². The van der Waals surface area contributed by atoms with E-state index in [0.717, 1.165) is 0 Å². The summed E-state index contributed by atoms with van der Waals surface area (Å²) in [5, 5.41) is 3.28. The highest BCUT2D eigenvalue weighted by Crippen LogP contribution is 2.35. The van der Waals surface area contributed by atoms with E-state index in [2.05, 4.69) is 5.32 Å². The zero-order valence-corrected chi connectivity index (χ0v) is 13.7. The van der Waals surface area contributed by atoms with E-state index in [1.807, 2.05) is 0 Å². The molecule has 0 fully saturated rings. The van der Waals surface area contributed by atoms with E-state index in [9.17, 15) is 9.59 Å². The number of halogens is 1. The average Bonchev–Trinajstić information content (AvgIpc) is 3.03. The standard InChI is InChI=1S/C17H13ClN2O5/c18-10-1-3-13-12(5-10)20(8-17(22)25-13)7-16(21)19-11-2-4-14-15(6-11)24-9-23-14/h1-6H,7-9H2,(H,19,21). The first-order valence-corrected chi connectivity index (χ1v) is 7.91. The highest BCUT2D eigenvalue weighted by atomic mass is 35.5. The van der Waals surface area contributed by atoms with E-state index >= 15 is 0 Å². The van der Waals surface area contributed by atoms with Gasteiger partial charge in [-0.15, -0.1) is 0 Å². The molecule has 7 nitrogen and oxygen atoms in total. The van der Waals surface area contributed by atoms with E-state index in [4.69, 9.17) is 25.8 Å². The molecule has 0 bridgehead atoms. The van der Waals surface area contributed by atoms with Crippen molar-refractivity contribution in [3.63, 3.8) is 0 Å². The Labute approximate surface area is 148 Å². The molecule has 25 heavy (non-hydrogen) atoms. The molecular weight excluding hydrogens is 348 g/mol. The summed E-state index contributed by atoms with van der Waals surface area (Å²) in [6, 6.07) is 10.0. The van der Waals surface area contributed by atoms with Crippen LogP contribution < -0.4 is 24.4 Å². The molecule has 0 aliphatic carbocycles. The summed E-state index contributed by atoms with van der Waals surface area (Å²) in [5.74, 6) is 0.901. The lowest BCUT2D eigenvalue weighted by atomic mass is 10.2. The number of nitrogens with zero attached hydrogens (tertiary/aromatic N) is 1. The van der Waals surface area contributed by atoms with Crippen LogP contribution in [0.3, 0.4) is 0 Å². The van der Waals surface area contributed by atoms with Crippen LogP contribution in [0.4, 0.5) is 11.4 Å². The molecule has 1 amide bonds. The Morgan fingerprint density at radius 2 is 1.92 bits per heavy atom. The summed E-state index contributed by atoms with van der Waals surface area (Å²) in [6.07, 6.45) is 0. The normalized spacial score (nSPS) is 14.8. The second-order valence-electron chi connectivity index (χ2n) is 5.56. The minimum Gasteiger partial charge on any atom is -0.454 e. The monoisotopic (exact) mass is 360 g/mol. The molecule has 2 aliphatic heterocycles. The zero-order chi connectivity index (χ0) is 17.4. The highest BCUT2D eigenvalue weighted by molar-refractivity contribution is 6.31. The van der Waals surface area contributed by atoms with Gasteiger partial charge in [-0.25, -0.2) is 4.79 Å². The molecule has 8 heteroatoms. The number of carbonyl (C=O) groups excluding carboxylic acids is 2. The van der Waals surface area contributed by atoms with E-state index in [-0.39, 0.29) is 25.8 Å². The minimum atomic E-state index is -0.425. The Kier molecular flexibility index (Phi) is 3.85. The summed E-state index contributed by atoms with van der Waals surface area (Å²) >= 11 is 6.01. The maximum atomic E-state index is 12.4. The molecule has 0 spiro atoms. The molecule has 128 valence electrons. The molecule has 2 aromatic rings. The molecule has 0 radical (unpaired) electrons. The molecule has 1 N–H and O–H groups in total. The number of benzene rings is 2. The van der Waals surface area contributed by atoms with Gasteiger partial charge in [0.15, 0.2) is 17.2 Å². The maximum absolute atomic E-state index is 12.4. The van der Waals surface area contributed by atoms with Gasteiger partial charge in [0.2, 0.25) is 12.7 Å². The van der Waals surface area contributed by atoms with Crippen LogP contribution in [0.2, 0.25) is 5.02 Å². The van der Waals surface area contributed by atoms with E-state index in [1.165, 1.54) is 0 Å². The minimum absolute atomic E-state index is 0.0170. The number of esters is 1. The summed E-state index contributed by atoms with van der Waals surface area (Å²) in [6.45, 7) is 0.124. The molecule has 0 saturated heterocycles. The molecule has 2 aromatic carbocycles. The van der Waals surface area contributed by atoms with Crippen LogP contribution in [0, 0.1) is 0 Å². The third-order valence-corrected chi connectivity index (χ3v) is 4.03. The lowest BCUT2D eigenvalue weighted by molar-refractivity contribution is -0.133. The first kappa shape index (κ1) is 15.6. The predicted octanol–water partition coefficient (Wildman–Crippen LogP) is 2.43. The summed E-state index contributed by atoms with van der Waals surface area (Å²) in [4.78, 5) is 25.7. The number of carbonyl (C=O) groups is 2. The third-order valence-electron chi connectivity index (χ3n) is 3.80. The fourth-order valence-corrected chi connectivity index (χ4v) is 2.88. The second-order valence-corrected chi connectivity index (χ2v) is 5.99. The number of nitrogens with one attached hydrogen (secondary N) is 1. The summed E-state index contributed by atoms with van der Waals surface area (Å²) < 4.78 is 15.7. The Bertz CT molecular complexity index is 870. The van der Waals surface area contributed by atoms with Gasteiger partial charge in [0.25, 0.3) is 0 Å². The van der Waals surface area contributed by atoms with Gasteiger partial charge in [-0.05, 0) is 30.3 Å². The Balaban J connectivity index is 1.49. The maximum Gasteiger partial charge on any atom is 0.331 e. The van der Waals surface area contributed by atoms with Gasteiger partial charge in [-0.1, -0.05) is 11.6 Å². The Morgan fingerprint density at radius 3 is 2.80 bits per heavy atom. The van der Waals surface area contributed by atoms with Crippen molar-refractivity contribution in [2.45, 2.75) is 0 Å². The SMILES string of the molecule is O=C(CN1CC(=O)Oc2ccc(Cl)cc21)Nc1ccc2c(c1)OCO2. The Morgan fingerprint density at radius 1 is 1.12 bits per heavy atom. The van der Waals surface area contributed by atoms with Crippen LogP contribution in [0.15, 0.2) is 36.4 Å². The second kappa shape index (κ2) is 6.18. The van der Waals surface area contributed by atoms with E-state index in [1.54, 1.807) is 41.3 Å². The summed E-state index contributed by atoms with van der Waals surface area (Å²) in [5.41, 5.74) is 1.19. The fraction of sp³-hybridized carbons (Fsp3) is 0.176. The summed E-state index contributed by atoms with van der Waals surface area (Å²) in [7, 11) is 0. The van der Waals surface area contributed by atoms with Gasteiger partial charge in [0, 0.05) is 16.8 Å². The number of anilines is 2. The number of hydrogen-bond acceptors (Lipinski definition) is 6. The van der Waals surface area contributed by atoms with Gasteiger partial charge in [-0.2, -0.15) is 0 Å².